The molecule has 4 nitrogen and oxygen atoms in total. The van der Waals surface area contributed by atoms with E-state index in [1.165, 1.54) is 22.9 Å². The monoisotopic (exact) mass is 283 g/mol. The first-order valence-corrected chi connectivity index (χ1v) is 7.92. The maximum atomic E-state index is 5.28. The molecule has 0 radical (unpaired) electrons. The number of rotatable bonds is 6. The molecule has 1 saturated heterocycles. The van der Waals surface area contributed by atoms with Gasteiger partial charge in [0.1, 0.15) is 0 Å². The van der Waals surface area contributed by atoms with Crippen LogP contribution in [0, 0.1) is 5.92 Å². The van der Waals surface area contributed by atoms with Crippen LogP contribution in [0.5, 0.6) is 0 Å². The standard InChI is InChI=1S/C14H25N3OS/c1-11(2)15-7-13-8-16-14(19-13)17-6-4-5-12(9-17)10-18-3/h8,11-12,15H,4-7,9-10H2,1-3H3. The molecule has 1 atom stereocenters. The van der Waals surface area contributed by atoms with Crippen molar-refractivity contribution in [2.45, 2.75) is 39.3 Å². The molecule has 1 aliphatic heterocycles. The number of hydrogen-bond acceptors (Lipinski definition) is 5. The summed E-state index contributed by atoms with van der Waals surface area (Å²) in [6, 6.07) is 0.520. The Balaban J connectivity index is 1.90. The number of piperidine rings is 1. The molecule has 1 aromatic rings. The van der Waals surface area contributed by atoms with Crippen LogP contribution in [0.2, 0.25) is 0 Å². The molecule has 0 aromatic carbocycles. The number of ether oxygens (including phenoxy) is 1. The van der Waals surface area contributed by atoms with Gasteiger partial charge in [-0.25, -0.2) is 4.98 Å². The van der Waals surface area contributed by atoms with Crippen LogP contribution in [0.3, 0.4) is 0 Å². The zero-order chi connectivity index (χ0) is 13.7. The van der Waals surface area contributed by atoms with Gasteiger partial charge in [0, 0.05) is 43.9 Å². The smallest absolute Gasteiger partial charge is 0.185 e. The van der Waals surface area contributed by atoms with E-state index in [4.69, 9.17) is 4.74 Å². The van der Waals surface area contributed by atoms with E-state index < -0.39 is 0 Å². The van der Waals surface area contributed by atoms with Gasteiger partial charge in [0.05, 0.1) is 6.61 Å². The Morgan fingerprint density at radius 3 is 3.16 bits per heavy atom. The predicted octanol–water partition coefficient (Wildman–Crippen LogP) is 2.50. The zero-order valence-corrected chi connectivity index (χ0v) is 13.0. The van der Waals surface area contributed by atoms with Gasteiger partial charge in [-0.05, 0) is 18.8 Å². The molecule has 1 aromatic heterocycles. The third-order valence-electron chi connectivity index (χ3n) is 3.42. The van der Waals surface area contributed by atoms with E-state index in [2.05, 4.69) is 29.0 Å². The molecule has 1 N–H and O–H groups in total. The van der Waals surface area contributed by atoms with Gasteiger partial charge in [-0.3, -0.25) is 0 Å². The number of nitrogens with zero attached hydrogens (tertiary/aromatic N) is 2. The average Bonchev–Trinajstić information content (AvgIpc) is 2.86. The van der Waals surface area contributed by atoms with Gasteiger partial charge in [-0.1, -0.05) is 13.8 Å². The topological polar surface area (TPSA) is 37.4 Å². The second-order valence-electron chi connectivity index (χ2n) is 5.55. The summed E-state index contributed by atoms with van der Waals surface area (Å²) >= 11 is 1.81. The van der Waals surface area contributed by atoms with Crippen LogP contribution >= 0.6 is 11.3 Å². The first-order valence-electron chi connectivity index (χ1n) is 7.11. The van der Waals surface area contributed by atoms with Crippen molar-refractivity contribution in [2.75, 3.05) is 31.7 Å². The minimum Gasteiger partial charge on any atom is -0.384 e. The largest absolute Gasteiger partial charge is 0.384 e. The highest BCUT2D eigenvalue weighted by atomic mass is 32.1. The molecule has 0 bridgehead atoms. The molecule has 0 amide bonds. The van der Waals surface area contributed by atoms with Gasteiger partial charge < -0.3 is 15.0 Å². The quantitative estimate of drug-likeness (QED) is 0.870. The van der Waals surface area contributed by atoms with E-state index >= 15 is 0 Å². The minimum absolute atomic E-state index is 0.520. The summed E-state index contributed by atoms with van der Waals surface area (Å²) in [6.07, 6.45) is 4.53. The second kappa shape index (κ2) is 7.22. The van der Waals surface area contributed by atoms with Gasteiger partial charge in [0.15, 0.2) is 5.13 Å². The summed E-state index contributed by atoms with van der Waals surface area (Å²) in [6.45, 7) is 8.33. The highest BCUT2D eigenvalue weighted by molar-refractivity contribution is 7.15. The first kappa shape index (κ1) is 14.8. The molecule has 1 fully saturated rings. The van der Waals surface area contributed by atoms with E-state index in [0.29, 0.717) is 12.0 Å². The molecule has 0 aliphatic carbocycles. The van der Waals surface area contributed by atoms with Gasteiger partial charge in [0.25, 0.3) is 0 Å². The van der Waals surface area contributed by atoms with Gasteiger partial charge in [-0.15, -0.1) is 11.3 Å². The van der Waals surface area contributed by atoms with E-state index in [1.54, 1.807) is 7.11 Å². The lowest BCUT2D eigenvalue weighted by molar-refractivity contribution is 0.143. The van der Waals surface area contributed by atoms with Crippen LogP contribution in [-0.4, -0.2) is 37.8 Å². The fourth-order valence-electron chi connectivity index (χ4n) is 2.44. The fourth-order valence-corrected chi connectivity index (χ4v) is 3.34. The Labute approximate surface area is 120 Å². The maximum Gasteiger partial charge on any atom is 0.185 e. The van der Waals surface area contributed by atoms with Crippen LogP contribution in [0.15, 0.2) is 6.20 Å². The molecule has 2 heterocycles. The minimum atomic E-state index is 0.520. The SMILES string of the molecule is COCC1CCCN(c2ncc(CNC(C)C)s2)C1. The van der Waals surface area contributed by atoms with Crippen molar-refractivity contribution >= 4 is 16.5 Å². The lowest BCUT2D eigenvalue weighted by Gasteiger charge is -2.32. The first-order chi connectivity index (χ1) is 9.19. The number of methoxy groups -OCH3 is 1. The van der Waals surface area contributed by atoms with E-state index in [0.717, 1.165) is 26.2 Å². The molecule has 5 heteroatoms. The Kier molecular flexibility index (Phi) is 5.60. The fraction of sp³-hybridized carbons (Fsp3) is 0.786. The maximum absolute atomic E-state index is 5.28. The van der Waals surface area contributed by atoms with Crippen molar-refractivity contribution in [3.8, 4) is 0 Å². The molecule has 0 saturated carbocycles. The van der Waals surface area contributed by atoms with Crippen LogP contribution in [0.25, 0.3) is 0 Å². The second-order valence-corrected chi connectivity index (χ2v) is 6.65. The number of nitrogens with one attached hydrogen (secondary N) is 1. The van der Waals surface area contributed by atoms with Crippen LogP contribution in [-0.2, 0) is 11.3 Å². The number of anilines is 1. The molecule has 0 spiro atoms. The van der Waals surface area contributed by atoms with Crippen LogP contribution in [0.4, 0.5) is 5.13 Å². The Bertz CT molecular complexity index is 379. The van der Waals surface area contributed by atoms with Crippen molar-refractivity contribution < 1.29 is 4.74 Å². The molecular formula is C14H25N3OS. The van der Waals surface area contributed by atoms with Gasteiger partial charge in [-0.2, -0.15) is 0 Å². The highest BCUT2D eigenvalue weighted by Crippen LogP contribution is 2.27. The lowest BCUT2D eigenvalue weighted by Crippen LogP contribution is -2.37. The number of aromatic nitrogens is 1. The number of thiazole rings is 1. The Morgan fingerprint density at radius 1 is 1.58 bits per heavy atom. The lowest BCUT2D eigenvalue weighted by atomic mass is 9.99. The van der Waals surface area contributed by atoms with E-state index in [9.17, 15) is 0 Å². The van der Waals surface area contributed by atoms with Crippen molar-refractivity contribution in [1.29, 1.82) is 0 Å². The summed E-state index contributed by atoms with van der Waals surface area (Å²) in [7, 11) is 1.79. The summed E-state index contributed by atoms with van der Waals surface area (Å²) in [5.41, 5.74) is 0. The van der Waals surface area contributed by atoms with Crippen molar-refractivity contribution in [3.63, 3.8) is 0 Å². The van der Waals surface area contributed by atoms with E-state index in [1.807, 2.05) is 17.5 Å². The summed E-state index contributed by atoms with van der Waals surface area (Å²) in [5.74, 6) is 0.653. The highest BCUT2D eigenvalue weighted by Gasteiger charge is 2.21. The molecule has 1 unspecified atom stereocenters. The van der Waals surface area contributed by atoms with Crippen molar-refractivity contribution in [1.82, 2.24) is 10.3 Å². The van der Waals surface area contributed by atoms with Crippen LogP contribution < -0.4 is 10.2 Å². The Hall–Kier alpha value is -0.650. The molecule has 108 valence electrons. The van der Waals surface area contributed by atoms with Gasteiger partial charge in [0.2, 0.25) is 0 Å². The predicted molar refractivity (Wildman–Crippen MR) is 80.9 cm³/mol. The molecule has 2 rings (SSSR count). The van der Waals surface area contributed by atoms with Crippen LogP contribution in [0.1, 0.15) is 31.6 Å². The molecule has 1 aliphatic rings. The van der Waals surface area contributed by atoms with Gasteiger partial charge >= 0.3 is 0 Å². The molecular weight excluding hydrogens is 258 g/mol. The normalized spacial score (nSPS) is 20.2. The summed E-state index contributed by atoms with van der Waals surface area (Å²) in [5, 5.41) is 4.61. The average molecular weight is 283 g/mol. The third-order valence-corrected chi connectivity index (χ3v) is 4.48. The van der Waals surface area contributed by atoms with Crippen molar-refractivity contribution in [2.24, 2.45) is 5.92 Å². The zero-order valence-electron chi connectivity index (χ0n) is 12.2. The van der Waals surface area contributed by atoms with Crippen molar-refractivity contribution in [3.05, 3.63) is 11.1 Å². The number of hydrogen-bond donors (Lipinski definition) is 1. The Morgan fingerprint density at radius 2 is 2.42 bits per heavy atom. The third kappa shape index (κ3) is 4.44. The summed E-state index contributed by atoms with van der Waals surface area (Å²) in [4.78, 5) is 8.31. The summed E-state index contributed by atoms with van der Waals surface area (Å²) < 4.78 is 5.28. The molecule has 19 heavy (non-hydrogen) atoms. The van der Waals surface area contributed by atoms with E-state index in [-0.39, 0.29) is 0 Å².